The van der Waals surface area contributed by atoms with Crippen LogP contribution in [-0.2, 0) is 0 Å². The lowest BCUT2D eigenvalue weighted by Crippen LogP contribution is -1.85. The summed E-state index contributed by atoms with van der Waals surface area (Å²) >= 11 is 10.9. The van der Waals surface area contributed by atoms with E-state index in [9.17, 15) is 0 Å². The molecule has 1 aromatic carbocycles. The second-order valence-electron chi connectivity index (χ2n) is 2.12. The molecular formula is C8H8BrClOS. The van der Waals surface area contributed by atoms with Crippen LogP contribution in [0, 0.1) is 0 Å². The van der Waals surface area contributed by atoms with E-state index in [-0.39, 0.29) is 0 Å². The molecule has 0 unspecified atom stereocenters. The van der Waals surface area contributed by atoms with E-state index in [2.05, 4.69) is 15.9 Å². The van der Waals surface area contributed by atoms with E-state index in [4.69, 9.17) is 16.3 Å². The molecular weight excluding hydrogens is 260 g/mol. The van der Waals surface area contributed by atoms with E-state index >= 15 is 0 Å². The number of methoxy groups -OCH3 is 1. The molecule has 66 valence electrons. The van der Waals surface area contributed by atoms with Gasteiger partial charge in [-0.05, 0) is 34.3 Å². The third-order valence-electron chi connectivity index (χ3n) is 1.43. The Bertz CT molecular complexity index is 265. The summed E-state index contributed by atoms with van der Waals surface area (Å²) in [5.41, 5.74) is 0. The van der Waals surface area contributed by atoms with Crippen molar-refractivity contribution in [3.63, 3.8) is 0 Å². The second kappa shape index (κ2) is 4.40. The molecule has 1 nitrogen and oxygen atoms in total. The van der Waals surface area contributed by atoms with Crippen LogP contribution in [-0.4, -0.2) is 13.4 Å². The zero-order valence-corrected chi connectivity index (χ0v) is 9.89. The fraction of sp³-hybridized carbons (Fsp3) is 0.250. The van der Waals surface area contributed by atoms with Gasteiger partial charge in [-0.1, -0.05) is 11.6 Å². The van der Waals surface area contributed by atoms with E-state index in [1.54, 1.807) is 18.9 Å². The van der Waals surface area contributed by atoms with Gasteiger partial charge in [0, 0.05) is 4.90 Å². The first-order chi connectivity index (χ1) is 5.69. The first kappa shape index (κ1) is 10.2. The number of ether oxygens (including phenoxy) is 1. The Morgan fingerprint density at radius 1 is 1.50 bits per heavy atom. The van der Waals surface area contributed by atoms with Crippen molar-refractivity contribution >= 4 is 39.3 Å². The Hall–Kier alpha value is 0.140. The van der Waals surface area contributed by atoms with Crippen molar-refractivity contribution in [3.05, 3.63) is 21.6 Å². The molecule has 0 fully saturated rings. The van der Waals surface area contributed by atoms with E-state index in [0.29, 0.717) is 0 Å². The molecule has 0 spiro atoms. The molecule has 0 aliphatic carbocycles. The Balaban J connectivity index is 3.18. The standard InChI is InChI=1S/C8H8BrClOS/c1-11-7-4-8(12-2)6(10)3-5(7)9/h3-4H,1-2H3. The summed E-state index contributed by atoms with van der Waals surface area (Å²) in [6, 6.07) is 3.75. The Labute approximate surface area is 89.6 Å². The van der Waals surface area contributed by atoms with E-state index in [1.807, 2.05) is 18.4 Å². The molecule has 4 heteroatoms. The topological polar surface area (TPSA) is 9.23 Å². The van der Waals surface area contributed by atoms with Crippen molar-refractivity contribution in [1.29, 1.82) is 0 Å². The van der Waals surface area contributed by atoms with Gasteiger partial charge in [-0.25, -0.2) is 0 Å². The lowest BCUT2D eigenvalue weighted by atomic mass is 10.3. The summed E-state index contributed by atoms with van der Waals surface area (Å²) in [6.45, 7) is 0. The summed E-state index contributed by atoms with van der Waals surface area (Å²) in [4.78, 5) is 1.02. The zero-order valence-electron chi connectivity index (χ0n) is 6.73. The van der Waals surface area contributed by atoms with Gasteiger partial charge in [-0.3, -0.25) is 0 Å². The first-order valence-corrected chi connectivity index (χ1v) is 5.65. The fourth-order valence-corrected chi connectivity index (χ4v) is 2.33. The minimum absolute atomic E-state index is 0.746. The van der Waals surface area contributed by atoms with Gasteiger partial charge in [0.05, 0.1) is 16.6 Å². The molecule has 1 rings (SSSR count). The van der Waals surface area contributed by atoms with E-state index < -0.39 is 0 Å². The average Bonchev–Trinajstić information content (AvgIpc) is 2.05. The molecule has 0 aliphatic rings. The minimum Gasteiger partial charge on any atom is -0.496 e. The smallest absolute Gasteiger partial charge is 0.134 e. The Kier molecular flexibility index (Phi) is 3.75. The van der Waals surface area contributed by atoms with E-state index in [0.717, 1.165) is 20.1 Å². The fourth-order valence-electron chi connectivity index (χ4n) is 0.823. The summed E-state index contributed by atoms with van der Waals surface area (Å²) in [7, 11) is 1.64. The monoisotopic (exact) mass is 266 g/mol. The van der Waals surface area contributed by atoms with Crippen molar-refractivity contribution in [2.75, 3.05) is 13.4 Å². The van der Waals surface area contributed by atoms with Crippen LogP contribution in [0.4, 0.5) is 0 Å². The number of benzene rings is 1. The van der Waals surface area contributed by atoms with Gasteiger partial charge in [-0.2, -0.15) is 0 Å². The molecule has 0 N–H and O–H groups in total. The number of rotatable bonds is 2. The molecule has 0 saturated heterocycles. The van der Waals surface area contributed by atoms with Crippen LogP contribution < -0.4 is 4.74 Å². The van der Waals surface area contributed by atoms with Gasteiger partial charge in [0.1, 0.15) is 5.75 Å². The van der Waals surface area contributed by atoms with Crippen molar-refractivity contribution in [2.24, 2.45) is 0 Å². The minimum atomic E-state index is 0.746. The van der Waals surface area contributed by atoms with E-state index in [1.165, 1.54) is 0 Å². The third kappa shape index (κ3) is 2.09. The number of hydrogen-bond acceptors (Lipinski definition) is 2. The van der Waals surface area contributed by atoms with Crippen molar-refractivity contribution in [1.82, 2.24) is 0 Å². The molecule has 0 aliphatic heterocycles. The van der Waals surface area contributed by atoms with Gasteiger partial charge in [-0.15, -0.1) is 11.8 Å². The predicted molar refractivity (Wildman–Crippen MR) is 57.5 cm³/mol. The Morgan fingerprint density at radius 3 is 2.67 bits per heavy atom. The SMILES string of the molecule is COc1cc(SC)c(Cl)cc1Br. The van der Waals surface area contributed by atoms with Crippen LogP contribution in [0.15, 0.2) is 21.5 Å². The largest absolute Gasteiger partial charge is 0.496 e. The highest BCUT2D eigenvalue weighted by molar-refractivity contribution is 9.10. The van der Waals surface area contributed by atoms with Gasteiger partial charge >= 0.3 is 0 Å². The molecule has 0 bridgehead atoms. The highest BCUT2D eigenvalue weighted by Crippen LogP contribution is 2.35. The van der Waals surface area contributed by atoms with Crippen molar-refractivity contribution < 1.29 is 4.74 Å². The van der Waals surface area contributed by atoms with Gasteiger partial charge in [0.15, 0.2) is 0 Å². The molecule has 0 saturated carbocycles. The van der Waals surface area contributed by atoms with Crippen LogP contribution in [0.25, 0.3) is 0 Å². The third-order valence-corrected chi connectivity index (χ3v) is 3.25. The maximum Gasteiger partial charge on any atom is 0.134 e. The second-order valence-corrected chi connectivity index (χ2v) is 4.23. The van der Waals surface area contributed by atoms with Crippen LogP contribution in [0.1, 0.15) is 0 Å². The average molecular weight is 268 g/mol. The normalized spacial score (nSPS) is 10.0. The molecule has 0 aromatic heterocycles. The summed E-state index contributed by atoms with van der Waals surface area (Å²) in [5.74, 6) is 0.809. The van der Waals surface area contributed by atoms with Crippen LogP contribution >= 0.6 is 39.3 Å². The molecule has 0 amide bonds. The van der Waals surface area contributed by atoms with Gasteiger partial charge < -0.3 is 4.74 Å². The zero-order chi connectivity index (χ0) is 9.14. The highest BCUT2D eigenvalue weighted by Gasteiger charge is 2.05. The molecule has 0 atom stereocenters. The molecule has 1 aromatic rings. The summed E-state index contributed by atoms with van der Waals surface area (Å²) < 4.78 is 6.01. The number of halogens is 2. The molecule has 0 radical (unpaired) electrons. The molecule has 0 heterocycles. The summed E-state index contributed by atoms with van der Waals surface area (Å²) in [5, 5.41) is 0.746. The lowest BCUT2D eigenvalue weighted by Gasteiger charge is -2.06. The van der Waals surface area contributed by atoms with Crippen LogP contribution in [0.3, 0.4) is 0 Å². The first-order valence-electron chi connectivity index (χ1n) is 3.26. The Morgan fingerprint density at radius 2 is 2.17 bits per heavy atom. The summed E-state index contributed by atoms with van der Waals surface area (Å²) in [6.07, 6.45) is 1.98. The van der Waals surface area contributed by atoms with Gasteiger partial charge in [0.2, 0.25) is 0 Å². The number of hydrogen-bond donors (Lipinski definition) is 0. The van der Waals surface area contributed by atoms with Crippen molar-refractivity contribution in [3.8, 4) is 5.75 Å². The quantitative estimate of drug-likeness (QED) is 0.753. The van der Waals surface area contributed by atoms with Gasteiger partial charge in [0.25, 0.3) is 0 Å². The maximum atomic E-state index is 5.95. The van der Waals surface area contributed by atoms with Crippen LogP contribution in [0.2, 0.25) is 5.02 Å². The van der Waals surface area contributed by atoms with Crippen LogP contribution in [0.5, 0.6) is 5.75 Å². The molecule has 12 heavy (non-hydrogen) atoms. The number of thioether (sulfide) groups is 1. The highest BCUT2D eigenvalue weighted by atomic mass is 79.9. The maximum absolute atomic E-state index is 5.95. The van der Waals surface area contributed by atoms with Crippen molar-refractivity contribution in [2.45, 2.75) is 4.90 Å². The lowest BCUT2D eigenvalue weighted by molar-refractivity contribution is 0.411. The predicted octanol–water partition coefficient (Wildman–Crippen LogP) is 3.83.